The minimum absolute atomic E-state index is 0.321. The van der Waals surface area contributed by atoms with E-state index in [1.165, 1.54) is 0 Å². The minimum Gasteiger partial charge on any atom is -0.408 e. The van der Waals surface area contributed by atoms with E-state index in [-0.39, 0.29) is 6.04 Å². The second-order valence-corrected chi connectivity index (χ2v) is 5.11. The number of oxazole rings is 1. The third kappa shape index (κ3) is 2.13. The van der Waals surface area contributed by atoms with Crippen molar-refractivity contribution >= 4 is 22.7 Å². The van der Waals surface area contributed by atoms with Crippen LogP contribution in [-0.2, 0) is 0 Å². The fourth-order valence-electron chi connectivity index (χ4n) is 2.30. The molecule has 0 amide bonds. The van der Waals surface area contributed by atoms with Crippen molar-refractivity contribution in [3.05, 3.63) is 68.7 Å². The number of halogens is 1. The Morgan fingerprint density at radius 1 is 1.30 bits per heavy atom. The molecule has 20 heavy (non-hydrogen) atoms. The van der Waals surface area contributed by atoms with Crippen molar-refractivity contribution in [2.45, 2.75) is 13.0 Å². The largest absolute Gasteiger partial charge is 0.417 e. The normalized spacial score (nSPS) is 12.8. The highest BCUT2D eigenvalue weighted by molar-refractivity contribution is 6.31. The number of hydrogen-bond donors (Lipinski definition) is 2. The van der Waals surface area contributed by atoms with Crippen molar-refractivity contribution in [3.8, 4) is 0 Å². The molecule has 0 spiro atoms. The number of aromatic amines is 1. The van der Waals surface area contributed by atoms with E-state index in [1.54, 1.807) is 12.1 Å². The highest BCUT2D eigenvalue weighted by Crippen LogP contribution is 2.28. The van der Waals surface area contributed by atoms with Gasteiger partial charge in [-0.05, 0) is 41.8 Å². The number of nitrogens with two attached hydrogens (primary N) is 1. The van der Waals surface area contributed by atoms with Crippen LogP contribution in [0.25, 0.3) is 11.1 Å². The van der Waals surface area contributed by atoms with Gasteiger partial charge in [0.1, 0.15) is 0 Å². The summed E-state index contributed by atoms with van der Waals surface area (Å²) in [7, 11) is 0. The quantitative estimate of drug-likeness (QED) is 0.761. The Hall–Kier alpha value is -2.04. The molecule has 1 unspecified atom stereocenters. The number of fused-ring (bicyclic) bond motifs is 1. The van der Waals surface area contributed by atoms with Crippen LogP contribution < -0.4 is 11.5 Å². The molecule has 1 atom stereocenters. The zero-order valence-electron chi connectivity index (χ0n) is 10.8. The van der Waals surface area contributed by atoms with Gasteiger partial charge < -0.3 is 10.2 Å². The van der Waals surface area contributed by atoms with Gasteiger partial charge in [0.05, 0.1) is 11.6 Å². The lowest BCUT2D eigenvalue weighted by Gasteiger charge is -2.16. The predicted octanol–water partition coefficient (Wildman–Crippen LogP) is 3.13. The third-order valence-electron chi connectivity index (χ3n) is 3.45. The summed E-state index contributed by atoms with van der Waals surface area (Å²) in [6, 6.07) is 10.8. The van der Waals surface area contributed by atoms with Crippen LogP contribution in [0.2, 0.25) is 5.02 Å². The van der Waals surface area contributed by atoms with E-state index in [0.29, 0.717) is 16.1 Å². The summed E-state index contributed by atoms with van der Waals surface area (Å²) >= 11 is 6.12. The summed E-state index contributed by atoms with van der Waals surface area (Å²) < 4.78 is 5.06. The topological polar surface area (TPSA) is 72.0 Å². The van der Waals surface area contributed by atoms with Crippen LogP contribution in [0, 0.1) is 6.92 Å². The molecule has 4 nitrogen and oxygen atoms in total. The van der Waals surface area contributed by atoms with E-state index >= 15 is 0 Å². The number of H-pyrrole nitrogens is 1. The molecule has 0 bridgehead atoms. The van der Waals surface area contributed by atoms with Crippen LogP contribution in [0.4, 0.5) is 0 Å². The van der Waals surface area contributed by atoms with E-state index < -0.39 is 5.76 Å². The molecule has 3 N–H and O–H groups in total. The molecule has 0 aliphatic heterocycles. The first-order chi connectivity index (χ1) is 9.56. The zero-order chi connectivity index (χ0) is 14.3. The van der Waals surface area contributed by atoms with Gasteiger partial charge in [0.15, 0.2) is 5.58 Å². The second kappa shape index (κ2) is 4.81. The molecule has 0 fully saturated rings. The average Bonchev–Trinajstić information content (AvgIpc) is 2.80. The third-order valence-corrected chi connectivity index (χ3v) is 3.86. The molecule has 0 saturated heterocycles. The molecule has 1 heterocycles. The van der Waals surface area contributed by atoms with Crippen LogP contribution in [-0.4, -0.2) is 4.98 Å². The molecule has 102 valence electrons. The maximum Gasteiger partial charge on any atom is 0.417 e. The SMILES string of the molecule is Cc1c(Cl)cccc1C(N)c1ccc2[nH]c(=O)oc2c1. The van der Waals surface area contributed by atoms with Crippen molar-refractivity contribution in [1.82, 2.24) is 4.98 Å². The Balaban J connectivity index is 2.09. The van der Waals surface area contributed by atoms with Gasteiger partial charge in [0, 0.05) is 5.02 Å². The average molecular weight is 289 g/mol. The smallest absolute Gasteiger partial charge is 0.408 e. The maximum absolute atomic E-state index is 11.2. The van der Waals surface area contributed by atoms with Crippen molar-refractivity contribution in [2.75, 3.05) is 0 Å². The van der Waals surface area contributed by atoms with E-state index in [9.17, 15) is 4.79 Å². The number of rotatable bonds is 2. The Labute approximate surface area is 120 Å². The predicted molar refractivity (Wildman–Crippen MR) is 79.1 cm³/mol. The standard InChI is InChI=1S/C15H13ClN2O2/c1-8-10(3-2-4-11(8)16)14(17)9-5-6-12-13(7-9)20-15(19)18-12/h2-7,14H,17H2,1H3,(H,18,19). The summed E-state index contributed by atoms with van der Waals surface area (Å²) in [5, 5.41) is 0.687. The van der Waals surface area contributed by atoms with Gasteiger partial charge >= 0.3 is 5.76 Å². The summed E-state index contributed by atoms with van der Waals surface area (Å²) in [6.45, 7) is 1.94. The molecule has 5 heteroatoms. The molecule has 0 aliphatic carbocycles. The summed E-state index contributed by atoms with van der Waals surface area (Å²) in [5.41, 5.74) is 10.2. The Morgan fingerprint density at radius 3 is 2.90 bits per heavy atom. The Kier molecular flexibility index (Phi) is 3.12. The first-order valence-electron chi connectivity index (χ1n) is 6.19. The lowest BCUT2D eigenvalue weighted by molar-refractivity contribution is 0.555. The van der Waals surface area contributed by atoms with Gasteiger partial charge in [-0.2, -0.15) is 0 Å². The van der Waals surface area contributed by atoms with Crippen molar-refractivity contribution in [2.24, 2.45) is 5.73 Å². The van der Waals surface area contributed by atoms with E-state index in [2.05, 4.69) is 4.98 Å². The molecular weight excluding hydrogens is 276 g/mol. The molecule has 2 aromatic carbocycles. The van der Waals surface area contributed by atoms with E-state index in [0.717, 1.165) is 16.7 Å². The number of aromatic nitrogens is 1. The monoisotopic (exact) mass is 288 g/mol. The summed E-state index contributed by atoms with van der Waals surface area (Å²) in [5.74, 6) is -0.468. The molecule has 0 radical (unpaired) electrons. The highest BCUT2D eigenvalue weighted by atomic mass is 35.5. The number of nitrogens with one attached hydrogen (secondary N) is 1. The van der Waals surface area contributed by atoms with Gasteiger partial charge in [-0.25, -0.2) is 4.79 Å². The van der Waals surface area contributed by atoms with Crippen LogP contribution in [0.3, 0.4) is 0 Å². The van der Waals surface area contributed by atoms with Crippen LogP contribution in [0.5, 0.6) is 0 Å². The summed E-state index contributed by atoms with van der Waals surface area (Å²) in [4.78, 5) is 13.8. The lowest BCUT2D eigenvalue weighted by Crippen LogP contribution is -2.13. The highest BCUT2D eigenvalue weighted by Gasteiger charge is 2.14. The molecule has 3 rings (SSSR count). The summed E-state index contributed by atoms with van der Waals surface area (Å²) in [6.07, 6.45) is 0. The van der Waals surface area contributed by atoms with Crippen LogP contribution in [0.1, 0.15) is 22.7 Å². The van der Waals surface area contributed by atoms with Gasteiger partial charge in [-0.1, -0.05) is 29.8 Å². The molecule has 0 saturated carbocycles. The fourth-order valence-corrected chi connectivity index (χ4v) is 2.48. The zero-order valence-corrected chi connectivity index (χ0v) is 11.6. The van der Waals surface area contributed by atoms with Gasteiger partial charge in [-0.3, -0.25) is 4.98 Å². The van der Waals surface area contributed by atoms with Crippen molar-refractivity contribution < 1.29 is 4.42 Å². The fraction of sp³-hybridized carbons (Fsp3) is 0.133. The van der Waals surface area contributed by atoms with E-state index in [1.807, 2.05) is 31.2 Å². The maximum atomic E-state index is 11.2. The van der Waals surface area contributed by atoms with Gasteiger partial charge in [0.2, 0.25) is 0 Å². The van der Waals surface area contributed by atoms with Gasteiger partial charge in [0.25, 0.3) is 0 Å². The van der Waals surface area contributed by atoms with Crippen LogP contribution >= 0.6 is 11.6 Å². The number of hydrogen-bond acceptors (Lipinski definition) is 3. The van der Waals surface area contributed by atoms with Crippen molar-refractivity contribution in [1.29, 1.82) is 0 Å². The van der Waals surface area contributed by atoms with Gasteiger partial charge in [-0.15, -0.1) is 0 Å². The minimum atomic E-state index is -0.468. The van der Waals surface area contributed by atoms with E-state index in [4.69, 9.17) is 21.8 Å². The lowest BCUT2D eigenvalue weighted by atomic mass is 9.95. The molecule has 0 aliphatic rings. The second-order valence-electron chi connectivity index (χ2n) is 4.70. The molecule has 3 aromatic rings. The first kappa shape index (κ1) is 13.0. The first-order valence-corrected chi connectivity index (χ1v) is 6.57. The molecular formula is C15H13ClN2O2. The Morgan fingerprint density at radius 2 is 2.10 bits per heavy atom. The number of benzene rings is 2. The van der Waals surface area contributed by atoms with Crippen LogP contribution in [0.15, 0.2) is 45.6 Å². The van der Waals surface area contributed by atoms with Crippen molar-refractivity contribution in [3.63, 3.8) is 0 Å². The molecule has 1 aromatic heterocycles. The Bertz CT molecular complexity index is 835.